The Balaban J connectivity index is 3.01. The Morgan fingerprint density at radius 1 is 1.33 bits per heavy atom. The van der Waals surface area contributed by atoms with Crippen molar-refractivity contribution in [2.75, 3.05) is 5.32 Å². The second kappa shape index (κ2) is 6.43. The van der Waals surface area contributed by atoms with Crippen LogP contribution in [0.25, 0.3) is 0 Å². The number of nitrogens with one attached hydrogen (secondary N) is 2. The number of hydrogen-bond donors (Lipinski definition) is 2. The molecule has 1 rings (SSSR count). The Bertz CT molecular complexity index is 564. The molecule has 0 aromatic carbocycles. The molecule has 2 N–H and O–H groups in total. The minimum Gasteiger partial charge on any atom is -0.358 e. The van der Waals surface area contributed by atoms with Crippen LogP contribution in [0.4, 0.5) is 19.0 Å². The molecule has 5 nitrogen and oxygen atoms in total. The van der Waals surface area contributed by atoms with E-state index in [1.807, 2.05) is 0 Å². The summed E-state index contributed by atoms with van der Waals surface area (Å²) >= 11 is 0. The third kappa shape index (κ3) is 4.63. The highest BCUT2D eigenvalue weighted by Gasteiger charge is 2.33. The molecule has 114 valence electrons. The number of amides is 1. The van der Waals surface area contributed by atoms with Gasteiger partial charge in [0.05, 0.1) is 5.56 Å². The quantitative estimate of drug-likeness (QED) is 0.894. The molecule has 0 aliphatic heterocycles. The third-order valence-corrected chi connectivity index (χ3v) is 2.48. The van der Waals surface area contributed by atoms with Crippen molar-refractivity contribution in [3.05, 3.63) is 23.4 Å². The molecule has 21 heavy (non-hydrogen) atoms. The van der Waals surface area contributed by atoms with Crippen LogP contribution in [0.15, 0.2) is 12.1 Å². The monoisotopic (exact) mass is 300 g/mol. The minimum atomic E-state index is -4.62. The van der Waals surface area contributed by atoms with Gasteiger partial charge in [-0.2, -0.15) is 18.4 Å². The van der Waals surface area contributed by atoms with Crippen LogP contribution in [-0.2, 0) is 11.0 Å². The van der Waals surface area contributed by atoms with Crippen molar-refractivity contribution in [2.45, 2.75) is 39.0 Å². The number of rotatable bonds is 4. The molecule has 0 saturated carbocycles. The van der Waals surface area contributed by atoms with E-state index in [1.54, 1.807) is 19.9 Å². The Labute approximate surface area is 120 Å². The largest absolute Gasteiger partial charge is 0.433 e. The number of carbonyl (C=O) groups excluding carboxylic acids is 1. The Morgan fingerprint density at radius 2 is 1.95 bits per heavy atom. The van der Waals surface area contributed by atoms with Crippen LogP contribution in [0.1, 0.15) is 32.0 Å². The van der Waals surface area contributed by atoms with Gasteiger partial charge >= 0.3 is 6.18 Å². The van der Waals surface area contributed by atoms with Gasteiger partial charge in [-0.3, -0.25) is 4.79 Å². The molecule has 0 bridgehead atoms. The van der Waals surface area contributed by atoms with E-state index in [1.165, 1.54) is 6.92 Å². The van der Waals surface area contributed by atoms with E-state index in [-0.39, 0.29) is 17.4 Å². The molecule has 1 atom stereocenters. The highest BCUT2D eigenvalue weighted by Crippen LogP contribution is 2.29. The third-order valence-electron chi connectivity index (χ3n) is 2.48. The van der Waals surface area contributed by atoms with Gasteiger partial charge in [0, 0.05) is 6.04 Å². The van der Waals surface area contributed by atoms with E-state index in [2.05, 4.69) is 15.6 Å². The Kier molecular flexibility index (Phi) is 5.13. The predicted molar refractivity (Wildman–Crippen MR) is 70.3 cm³/mol. The molecule has 1 aromatic rings. The Hall–Kier alpha value is -2.30. The zero-order valence-corrected chi connectivity index (χ0v) is 11.7. The van der Waals surface area contributed by atoms with E-state index < -0.39 is 23.8 Å². The van der Waals surface area contributed by atoms with Crippen LogP contribution in [0.3, 0.4) is 0 Å². The van der Waals surface area contributed by atoms with E-state index in [9.17, 15) is 18.0 Å². The van der Waals surface area contributed by atoms with Gasteiger partial charge in [0.15, 0.2) is 0 Å². The van der Waals surface area contributed by atoms with Crippen LogP contribution < -0.4 is 10.6 Å². The molecule has 0 fully saturated rings. The summed E-state index contributed by atoms with van der Waals surface area (Å²) in [5, 5.41) is 14.0. The second-order valence-corrected chi connectivity index (χ2v) is 4.73. The van der Waals surface area contributed by atoms with E-state index in [4.69, 9.17) is 5.26 Å². The molecule has 1 aromatic heterocycles. The molecule has 8 heteroatoms. The summed E-state index contributed by atoms with van der Waals surface area (Å²) in [5.41, 5.74) is -1.19. The van der Waals surface area contributed by atoms with Gasteiger partial charge in [-0.05, 0) is 32.9 Å². The van der Waals surface area contributed by atoms with Crippen LogP contribution in [0, 0.1) is 11.3 Å². The summed E-state index contributed by atoms with van der Waals surface area (Å²) in [5.74, 6) is -0.660. The van der Waals surface area contributed by atoms with Crippen molar-refractivity contribution in [1.29, 1.82) is 5.26 Å². The van der Waals surface area contributed by atoms with Gasteiger partial charge in [-0.25, -0.2) is 4.98 Å². The number of hydrogen-bond acceptors (Lipinski definition) is 4. The highest BCUT2D eigenvalue weighted by molar-refractivity contribution is 5.84. The number of pyridine rings is 1. The molecule has 1 amide bonds. The van der Waals surface area contributed by atoms with Gasteiger partial charge in [0.25, 0.3) is 0 Å². The molecule has 0 aliphatic rings. The molecule has 1 heterocycles. The van der Waals surface area contributed by atoms with Crippen molar-refractivity contribution in [3.63, 3.8) is 0 Å². The molecule has 0 radical (unpaired) electrons. The SMILES string of the molecule is CC(C)NC(=O)C(C)Nc1nc(C(F)(F)F)ccc1C#N. The average Bonchev–Trinajstić information content (AvgIpc) is 2.36. The maximum absolute atomic E-state index is 12.6. The van der Waals surface area contributed by atoms with Crippen LogP contribution in [0.5, 0.6) is 0 Å². The molecule has 0 spiro atoms. The normalized spacial score (nSPS) is 12.7. The van der Waals surface area contributed by atoms with Gasteiger partial charge < -0.3 is 10.6 Å². The number of carbonyl (C=O) groups is 1. The summed E-state index contributed by atoms with van der Waals surface area (Å²) in [7, 11) is 0. The van der Waals surface area contributed by atoms with Crippen molar-refractivity contribution in [1.82, 2.24) is 10.3 Å². The Morgan fingerprint density at radius 3 is 2.43 bits per heavy atom. The summed E-state index contributed by atoms with van der Waals surface area (Å²) in [6.45, 7) is 4.99. The topological polar surface area (TPSA) is 77.8 Å². The summed E-state index contributed by atoms with van der Waals surface area (Å²) < 4.78 is 37.9. The van der Waals surface area contributed by atoms with Crippen molar-refractivity contribution in [3.8, 4) is 6.07 Å². The van der Waals surface area contributed by atoms with Gasteiger partial charge in [0.1, 0.15) is 23.6 Å². The number of anilines is 1. The lowest BCUT2D eigenvalue weighted by Crippen LogP contribution is -2.41. The standard InChI is InChI=1S/C13H15F3N4O/c1-7(2)18-12(21)8(3)19-11-9(6-17)4-5-10(20-11)13(14,15)16/h4-5,7-8H,1-3H3,(H,18,21)(H,19,20). The van der Waals surface area contributed by atoms with Crippen LogP contribution in [-0.4, -0.2) is 23.0 Å². The first-order chi connectivity index (χ1) is 9.65. The zero-order valence-electron chi connectivity index (χ0n) is 11.7. The first-order valence-electron chi connectivity index (χ1n) is 6.20. The zero-order chi connectivity index (χ0) is 16.2. The van der Waals surface area contributed by atoms with Gasteiger partial charge in [-0.1, -0.05) is 0 Å². The lowest BCUT2D eigenvalue weighted by Gasteiger charge is -2.18. The predicted octanol–water partition coefficient (Wildman–Crippen LogP) is 2.30. The number of halogens is 3. The molecule has 1 unspecified atom stereocenters. The fraction of sp³-hybridized carbons (Fsp3) is 0.462. The fourth-order valence-electron chi connectivity index (χ4n) is 1.50. The average molecular weight is 300 g/mol. The maximum atomic E-state index is 12.6. The number of nitriles is 1. The fourth-order valence-corrected chi connectivity index (χ4v) is 1.50. The summed E-state index contributed by atoms with van der Waals surface area (Å²) in [6.07, 6.45) is -4.62. The summed E-state index contributed by atoms with van der Waals surface area (Å²) in [4.78, 5) is 15.1. The molecule has 0 saturated heterocycles. The van der Waals surface area contributed by atoms with E-state index >= 15 is 0 Å². The van der Waals surface area contributed by atoms with Crippen LogP contribution in [0.2, 0.25) is 0 Å². The van der Waals surface area contributed by atoms with Gasteiger partial charge in [-0.15, -0.1) is 0 Å². The van der Waals surface area contributed by atoms with Crippen LogP contribution >= 0.6 is 0 Å². The first kappa shape index (κ1) is 16.8. The van der Waals surface area contributed by atoms with Crippen molar-refractivity contribution < 1.29 is 18.0 Å². The number of alkyl halides is 3. The first-order valence-corrected chi connectivity index (χ1v) is 6.20. The van der Waals surface area contributed by atoms with E-state index in [0.717, 1.165) is 12.1 Å². The minimum absolute atomic E-state index is 0.0628. The maximum Gasteiger partial charge on any atom is 0.433 e. The number of nitrogens with zero attached hydrogens (tertiary/aromatic N) is 2. The number of aromatic nitrogens is 1. The smallest absolute Gasteiger partial charge is 0.358 e. The van der Waals surface area contributed by atoms with E-state index in [0.29, 0.717) is 0 Å². The molecular formula is C13H15F3N4O. The van der Waals surface area contributed by atoms with Crippen molar-refractivity contribution >= 4 is 11.7 Å². The highest BCUT2D eigenvalue weighted by atomic mass is 19.4. The second-order valence-electron chi connectivity index (χ2n) is 4.73. The lowest BCUT2D eigenvalue weighted by atomic mass is 10.2. The lowest BCUT2D eigenvalue weighted by molar-refractivity contribution is -0.141. The molecular weight excluding hydrogens is 285 g/mol. The van der Waals surface area contributed by atoms with Gasteiger partial charge in [0.2, 0.25) is 5.91 Å². The molecule has 0 aliphatic carbocycles. The van der Waals surface area contributed by atoms with Crippen molar-refractivity contribution in [2.24, 2.45) is 0 Å². The summed E-state index contributed by atoms with van der Waals surface area (Å²) in [6, 6.07) is 2.55.